The third kappa shape index (κ3) is 6.64. The highest BCUT2D eigenvalue weighted by molar-refractivity contribution is 7.92. The lowest BCUT2D eigenvalue weighted by atomic mass is 9.67. The Morgan fingerprint density at radius 2 is 1.74 bits per heavy atom. The van der Waals surface area contributed by atoms with Crippen LogP contribution in [0.3, 0.4) is 0 Å². The van der Waals surface area contributed by atoms with Crippen molar-refractivity contribution < 1.29 is 17.6 Å². The summed E-state index contributed by atoms with van der Waals surface area (Å²) in [6, 6.07) is 20.0. The molecule has 1 aliphatic carbocycles. The quantitative estimate of drug-likeness (QED) is 0.197. The van der Waals surface area contributed by atoms with E-state index in [2.05, 4.69) is 6.58 Å². The molecule has 0 bridgehead atoms. The molecule has 0 N–H and O–H groups in total. The minimum absolute atomic E-state index is 0.0204. The van der Waals surface area contributed by atoms with Gasteiger partial charge in [0, 0.05) is 16.0 Å². The number of hydrogen-bond donors (Lipinski definition) is 0. The van der Waals surface area contributed by atoms with Crippen LogP contribution in [0.5, 0.6) is 0 Å². The minimum Gasteiger partial charge on any atom is -0.329 e. The van der Waals surface area contributed by atoms with E-state index < -0.39 is 33.3 Å². The first-order valence-corrected chi connectivity index (χ1v) is 17.0. The van der Waals surface area contributed by atoms with Crippen molar-refractivity contribution in [3.8, 4) is 0 Å². The number of halogens is 3. The van der Waals surface area contributed by atoms with Crippen molar-refractivity contribution in [3.05, 3.63) is 112 Å². The van der Waals surface area contributed by atoms with E-state index in [1.54, 1.807) is 19.1 Å². The third-order valence-corrected chi connectivity index (χ3v) is 11.1. The molecule has 2 fully saturated rings. The van der Waals surface area contributed by atoms with E-state index in [0.717, 1.165) is 24.0 Å². The fourth-order valence-corrected chi connectivity index (χ4v) is 7.99. The van der Waals surface area contributed by atoms with Crippen molar-refractivity contribution in [1.82, 2.24) is 4.90 Å². The van der Waals surface area contributed by atoms with Gasteiger partial charge in [0.05, 0.1) is 35.5 Å². The number of anilines is 1. The van der Waals surface area contributed by atoms with E-state index in [0.29, 0.717) is 22.9 Å². The molecule has 9 heteroatoms. The van der Waals surface area contributed by atoms with Gasteiger partial charge in [0.15, 0.2) is 0 Å². The van der Waals surface area contributed by atoms with Gasteiger partial charge in [-0.1, -0.05) is 66.5 Å². The van der Waals surface area contributed by atoms with E-state index in [4.69, 9.17) is 23.2 Å². The highest BCUT2D eigenvalue weighted by Crippen LogP contribution is 2.54. The fourth-order valence-electron chi connectivity index (χ4n) is 6.53. The van der Waals surface area contributed by atoms with Gasteiger partial charge in [0.1, 0.15) is 5.82 Å². The summed E-state index contributed by atoms with van der Waals surface area (Å²) >= 11 is 12.8. The largest absolute Gasteiger partial charge is 0.329 e. The van der Waals surface area contributed by atoms with E-state index >= 15 is 0 Å². The molecule has 5 rings (SSSR count). The van der Waals surface area contributed by atoms with E-state index in [1.807, 2.05) is 60.4 Å². The number of carbonyl (C=O) groups is 1. The van der Waals surface area contributed by atoms with Crippen molar-refractivity contribution in [2.45, 2.75) is 57.5 Å². The van der Waals surface area contributed by atoms with Crippen LogP contribution in [0.2, 0.25) is 10.0 Å². The number of sulfonamides is 1. The zero-order chi connectivity index (χ0) is 30.9. The zero-order valence-electron chi connectivity index (χ0n) is 24.4. The number of amides is 1. The topological polar surface area (TPSA) is 57.7 Å². The van der Waals surface area contributed by atoms with Crippen LogP contribution in [0.1, 0.15) is 62.6 Å². The molecule has 0 radical (unpaired) electrons. The molecule has 1 saturated carbocycles. The maximum Gasteiger partial charge on any atom is 0.234 e. The normalized spacial score (nSPS) is 23.2. The summed E-state index contributed by atoms with van der Waals surface area (Å²) in [4.78, 5) is 16.7. The molecule has 1 aliphatic heterocycles. The summed E-state index contributed by atoms with van der Waals surface area (Å²) in [7, 11) is -3.81. The van der Waals surface area contributed by atoms with Gasteiger partial charge in [0.2, 0.25) is 15.9 Å². The number of likely N-dealkylation sites (tertiary alicyclic amines) is 1. The lowest BCUT2D eigenvalue weighted by Crippen LogP contribution is -2.59. The van der Waals surface area contributed by atoms with E-state index in [9.17, 15) is 17.6 Å². The molecule has 2 aliphatic rings. The van der Waals surface area contributed by atoms with Gasteiger partial charge >= 0.3 is 0 Å². The first-order valence-electron chi connectivity index (χ1n) is 14.7. The van der Waals surface area contributed by atoms with Gasteiger partial charge < -0.3 is 4.90 Å². The lowest BCUT2D eigenvalue weighted by Gasteiger charge is -2.53. The van der Waals surface area contributed by atoms with Crippen LogP contribution in [-0.4, -0.2) is 37.6 Å². The van der Waals surface area contributed by atoms with Crippen LogP contribution in [0, 0.1) is 17.2 Å². The van der Waals surface area contributed by atoms with Gasteiger partial charge in [-0.15, -0.1) is 6.58 Å². The minimum atomic E-state index is -3.81. The van der Waals surface area contributed by atoms with Crippen molar-refractivity contribution in [2.75, 3.05) is 16.6 Å². The molecule has 4 atom stereocenters. The van der Waals surface area contributed by atoms with Crippen molar-refractivity contribution in [3.63, 3.8) is 0 Å². The molecular formula is C34H37Cl2FN2O3S. The van der Waals surface area contributed by atoms with E-state index in [1.165, 1.54) is 22.5 Å². The van der Waals surface area contributed by atoms with Gasteiger partial charge in [-0.25, -0.2) is 12.8 Å². The average Bonchev–Trinajstić information content (AvgIpc) is 3.81. The average molecular weight is 644 g/mol. The molecule has 0 spiro atoms. The Hall–Kier alpha value is -2.87. The second kappa shape index (κ2) is 12.6. The summed E-state index contributed by atoms with van der Waals surface area (Å²) in [6.07, 6.45) is 4.53. The number of allylic oxidation sites excluding steroid dienone is 1. The smallest absolute Gasteiger partial charge is 0.234 e. The van der Waals surface area contributed by atoms with Crippen LogP contribution in [0.4, 0.5) is 10.1 Å². The number of carbonyl (C=O) groups excluding carboxylic acids is 1. The molecule has 1 amide bonds. The molecule has 43 heavy (non-hydrogen) atoms. The monoisotopic (exact) mass is 642 g/mol. The summed E-state index contributed by atoms with van der Waals surface area (Å²) < 4.78 is 42.8. The van der Waals surface area contributed by atoms with Gasteiger partial charge in [-0.05, 0) is 92.1 Å². The van der Waals surface area contributed by atoms with Gasteiger partial charge in [-0.2, -0.15) is 0 Å². The number of benzene rings is 3. The molecule has 3 aromatic carbocycles. The fraction of sp³-hybridized carbons (Fsp3) is 0.382. The van der Waals surface area contributed by atoms with Crippen molar-refractivity contribution in [1.29, 1.82) is 0 Å². The molecule has 0 aromatic heterocycles. The standard InChI is InChI=1S/C34H37Cl2FN2O3S/c1-4-18-34(3)21-30(25-8-6-9-27(36)19-25)32(24-14-16-26(35)17-15-24)39(33(34)40)31(23-12-13-23)22-38(43(41,42)5-2)29-11-7-10-28(37)20-29/h4,6-11,14-17,19-20,23,30-32H,1,5,12-13,18,21-22H2,2-3H3/t30-,31+,32-,34+/m1/s1. The number of nitrogens with zero attached hydrogens (tertiary/aromatic N) is 2. The Balaban J connectivity index is 1.70. The van der Waals surface area contributed by atoms with Crippen LogP contribution in [0.25, 0.3) is 0 Å². The molecule has 1 heterocycles. The van der Waals surface area contributed by atoms with E-state index in [-0.39, 0.29) is 35.7 Å². The SMILES string of the molecule is C=CC[C@@]1(C)C[C@H](c2cccc(Cl)c2)[C@@H](c2ccc(Cl)cc2)N([C@@H](CN(c2cccc(F)c2)S(=O)(=O)CC)C2CC2)C1=O. The van der Waals surface area contributed by atoms with Crippen LogP contribution < -0.4 is 4.31 Å². The molecule has 1 saturated heterocycles. The van der Waals surface area contributed by atoms with Crippen molar-refractivity contribution in [2.24, 2.45) is 11.3 Å². The van der Waals surface area contributed by atoms with Gasteiger partial charge in [0.25, 0.3) is 0 Å². The first-order chi connectivity index (χ1) is 20.5. The third-order valence-electron chi connectivity index (χ3n) is 8.86. The maximum atomic E-state index is 14.8. The zero-order valence-corrected chi connectivity index (χ0v) is 26.8. The Kier molecular flexibility index (Phi) is 9.26. The summed E-state index contributed by atoms with van der Waals surface area (Å²) in [5.41, 5.74) is 1.38. The summed E-state index contributed by atoms with van der Waals surface area (Å²) in [5, 5.41) is 1.18. The molecule has 5 nitrogen and oxygen atoms in total. The van der Waals surface area contributed by atoms with Crippen LogP contribution in [0.15, 0.2) is 85.5 Å². The predicted molar refractivity (Wildman–Crippen MR) is 172 cm³/mol. The first kappa shape index (κ1) is 31.6. The maximum absolute atomic E-state index is 14.8. The van der Waals surface area contributed by atoms with Crippen molar-refractivity contribution >= 4 is 44.8 Å². The number of rotatable bonds is 11. The molecule has 3 aromatic rings. The second-order valence-electron chi connectivity index (χ2n) is 11.9. The highest BCUT2D eigenvalue weighted by Gasteiger charge is 2.54. The van der Waals surface area contributed by atoms with Crippen LogP contribution >= 0.6 is 23.2 Å². The Morgan fingerprint density at radius 1 is 1.05 bits per heavy atom. The second-order valence-corrected chi connectivity index (χ2v) is 15.0. The Bertz CT molecular complexity index is 1600. The summed E-state index contributed by atoms with van der Waals surface area (Å²) in [6.45, 7) is 7.53. The number of hydrogen-bond acceptors (Lipinski definition) is 3. The van der Waals surface area contributed by atoms with Gasteiger partial charge in [-0.3, -0.25) is 9.10 Å². The highest BCUT2D eigenvalue weighted by atomic mass is 35.5. The predicted octanol–water partition coefficient (Wildman–Crippen LogP) is 8.41. The Labute approximate surface area is 264 Å². The molecular weight excluding hydrogens is 606 g/mol. The molecule has 0 unspecified atom stereocenters. The van der Waals surface area contributed by atoms with Crippen LogP contribution in [-0.2, 0) is 14.8 Å². The number of piperidine rings is 1. The summed E-state index contributed by atoms with van der Waals surface area (Å²) in [5.74, 6) is -0.781. The Morgan fingerprint density at radius 3 is 2.35 bits per heavy atom. The lowest BCUT2D eigenvalue weighted by molar-refractivity contribution is -0.154. The molecule has 228 valence electrons.